The molecule has 1 aromatic rings. The van der Waals surface area contributed by atoms with Crippen molar-refractivity contribution < 1.29 is 14.6 Å². The number of carboxylic acids is 1. The monoisotopic (exact) mass is 425 g/mol. The van der Waals surface area contributed by atoms with E-state index in [0.29, 0.717) is 12.1 Å². The van der Waals surface area contributed by atoms with Gasteiger partial charge in [-0.1, -0.05) is 12.1 Å². The summed E-state index contributed by atoms with van der Waals surface area (Å²) in [6.45, 7) is 5.65. The lowest BCUT2D eigenvalue weighted by Crippen LogP contribution is -2.52. The van der Waals surface area contributed by atoms with Gasteiger partial charge in [0.25, 0.3) is 0 Å². The normalized spacial score (nSPS) is 26.6. The SMILES string of the molecule is O=C(O)C1=CC(N2CCN(C3CCC(N4CCOc5ccccc54)CC3)CC2)=CNN1. The average molecular weight is 426 g/mol. The quantitative estimate of drug-likeness (QED) is 0.673. The molecule has 166 valence electrons. The molecule has 1 saturated carbocycles. The Hall–Kier alpha value is -2.87. The lowest BCUT2D eigenvalue weighted by molar-refractivity contribution is -0.133. The summed E-state index contributed by atoms with van der Waals surface area (Å²) in [4.78, 5) is 18.7. The van der Waals surface area contributed by atoms with Crippen molar-refractivity contribution in [3.63, 3.8) is 0 Å². The maximum absolute atomic E-state index is 11.2. The number of fused-ring (bicyclic) bond motifs is 1. The number of aliphatic carboxylic acids is 1. The van der Waals surface area contributed by atoms with Crippen LogP contribution in [0.25, 0.3) is 0 Å². The van der Waals surface area contributed by atoms with Crippen molar-refractivity contribution in [2.45, 2.75) is 37.8 Å². The first kappa shape index (κ1) is 20.1. The second kappa shape index (κ2) is 8.70. The number of anilines is 1. The van der Waals surface area contributed by atoms with Crippen LogP contribution >= 0.6 is 0 Å². The number of nitrogens with zero attached hydrogens (tertiary/aromatic N) is 3. The molecule has 31 heavy (non-hydrogen) atoms. The number of nitrogens with one attached hydrogen (secondary N) is 2. The zero-order chi connectivity index (χ0) is 21.2. The first-order valence-electron chi connectivity index (χ1n) is 11.3. The van der Waals surface area contributed by atoms with Gasteiger partial charge in [0, 0.05) is 44.5 Å². The highest BCUT2D eigenvalue weighted by molar-refractivity contribution is 5.86. The van der Waals surface area contributed by atoms with Crippen molar-refractivity contribution >= 4 is 11.7 Å². The molecule has 0 unspecified atom stereocenters. The number of carbonyl (C=O) groups is 1. The minimum atomic E-state index is -0.948. The fraction of sp³-hybridized carbons (Fsp3) is 0.522. The molecule has 3 N–H and O–H groups in total. The average Bonchev–Trinajstić information content (AvgIpc) is 2.84. The largest absolute Gasteiger partial charge is 0.490 e. The van der Waals surface area contributed by atoms with E-state index in [1.165, 1.54) is 31.4 Å². The molecule has 0 atom stereocenters. The maximum Gasteiger partial charge on any atom is 0.353 e. The second-order valence-corrected chi connectivity index (χ2v) is 8.70. The van der Waals surface area contributed by atoms with Gasteiger partial charge < -0.3 is 25.1 Å². The van der Waals surface area contributed by atoms with Crippen LogP contribution in [0.3, 0.4) is 0 Å². The first-order valence-corrected chi connectivity index (χ1v) is 11.3. The van der Waals surface area contributed by atoms with Gasteiger partial charge in [0.1, 0.15) is 18.1 Å². The van der Waals surface area contributed by atoms with Crippen LogP contribution < -0.4 is 20.5 Å². The summed E-state index contributed by atoms with van der Waals surface area (Å²) in [6, 6.07) is 9.68. The Labute approximate surface area is 183 Å². The van der Waals surface area contributed by atoms with Crippen LogP contribution in [0.15, 0.2) is 47.9 Å². The van der Waals surface area contributed by atoms with E-state index in [0.717, 1.165) is 50.8 Å². The number of carboxylic acid groups (broad SMARTS) is 1. The van der Waals surface area contributed by atoms with E-state index in [1.807, 2.05) is 12.3 Å². The van der Waals surface area contributed by atoms with Gasteiger partial charge in [-0.2, -0.15) is 0 Å². The van der Waals surface area contributed by atoms with E-state index in [-0.39, 0.29) is 5.70 Å². The standard InChI is InChI=1S/C23H31N5O3/c29-23(30)20-15-19(16-24-25-20)27-11-9-26(10-12-27)17-5-7-18(8-6-17)28-13-14-31-22-4-2-1-3-21(22)28/h1-4,15-18,24-25H,5-14H2,(H,29,30). The number of allylic oxidation sites excluding steroid dienone is 1. The van der Waals surface area contributed by atoms with Crippen LogP contribution in [0, 0.1) is 0 Å². The number of hydrazine groups is 1. The Morgan fingerprint density at radius 3 is 2.52 bits per heavy atom. The van der Waals surface area contributed by atoms with Gasteiger partial charge in [-0.25, -0.2) is 4.79 Å². The number of piperazine rings is 1. The number of ether oxygens (including phenoxy) is 1. The summed E-state index contributed by atoms with van der Waals surface area (Å²) in [7, 11) is 0. The summed E-state index contributed by atoms with van der Waals surface area (Å²) in [6.07, 6.45) is 8.48. The minimum absolute atomic E-state index is 0.183. The molecule has 0 bridgehead atoms. The molecule has 8 nitrogen and oxygen atoms in total. The lowest BCUT2D eigenvalue weighted by Gasteiger charge is -2.45. The first-order chi connectivity index (χ1) is 15.2. The molecule has 8 heteroatoms. The maximum atomic E-state index is 11.2. The molecule has 0 aromatic heterocycles. The highest BCUT2D eigenvalue weighted by Crippen LogP contribution is 2.36. The fourth-order valence-electron chi connectivity index (χ4n) is 5.36. The lowest BCUT2D eigenvalue weighted by atomic mass is 9.88. The molecular weight excluding hydrogens is 394 g/mol. The Morgan fingerprint density at radius 2 is 1.74 bits per heavy atom. The number of hydrogen-bond donors (Lipinski definition) is 3. The summed E-state index contributed by atoms with van der Waals surface area (Å²) < 4.78 is 5.84. The second-order valence-electron chi connectivity index (χ2n) is 8.70. The molecule has 2 fully saturated rings. The van der Waals surface area contributed by atoms with Crippen molar-refractivity contribution in [3.05, 3.63) is 47.9 Å². The number of rotatable bonds is 4. The highest BCUT2D eigenvalue weighted by atomic mass is 16.5. The molecular formula is C23H31N5O3. The summed E-state index contributed by atoms with van der Waals surface area (Å²) in [5.74, 6) is 0.0743. The number of benzene rings is 1. The molecule has 5 rings (SSSR count). The van der Waals surface area contributed by atoms with E-state index < -0.39 is 5.97 Å². The third-order valence-corrected chi connectivity index (χ3v) is 7.02. The van der Waals surface area contributed by atoms with Crippen molar-refractivity contribution in [2.75, 3.05) is 44.2 Å². The van der Waals surface area contributed by atoms with Gasteiger partial charge in [-0.15, -0.1) is 0 Å². The third kappa shape index (κ3) is 4.17. The van der Waals surface area contributed by atoms with Gasteiger partial charge in [0.2, 0.25) is 0 Å². The van der Waals surface area contributed by atoms with E-state index in [1.54, 1.807) is 6.08 Å². The molecule has 0 spiro atoms. The minimum Gasteiger partial charge on any atom is -0.490 e. The van der Waals surface area contributed by atoms with Crippen molar-refractivity contribution in [3.8, 4) is 5.75 Å². The predicted octanol–water partition coefficient (Wildman–Crippen LogP) is 1.73. The fourth-order valence-corrected chi connectivity index (χ4v) is 5.36. The van der Waals surface area contributed by atoms with Crippen LogP contribution in [0.5, 0.6) is 5.75 Å². The molecule has 1 aromatic carbocycles. The van der Waals surface area contributed by atoms with Crippen molar-refractivity contribution in [2.24, 2.45) is 0 Å². The Kier molecular flexibility index (Phi) is 5.63. The molecule has 3 aliphatic heterocycles. The van der Waals surface area contributed by atoms with Gasteiger partial charge in [-0.3, -0.25) is 10.3 Å². The predicted molar refractivity (Wildman–Crippen MR) is 119 cm³/mol. The van der Waals surface area contributed by atoms with Gasteiger partial charge in [-0.05, 0) is 43.9 Å². The smallest absolute Gasteiger partial charge is 0.353 e. The molecule has 3 heterocycles. The van der Waals surface area contributed by atoms with Crippen molar-refractivity contribution in [1.29, 1.82) is 0 Å². The van der Waals surface area contributed by atoms with Crippen LogP contribution in [-0.4, -0.2) is 72.3 Å². The molecule has 1 saturated heterocycles. The topological polar surface area (TPSA) is 80.3 Å². The van der Waals surface area contributed by atoms with Crippen LogP contribution in [0.1, 0.15) is 25.7 Å². The summed E-state index contributed by atoms with van der Waals surface area (Å²) >= 11 is 0. The van der Waals surface area contributed by atoms with Gasteiger partial charge in [0.05, 0.1) is 17.9 Å². The van der Waals surface area contributed by atoms with E-state index in [9.17, 15) is 9.90 Å². The zero-order valence-electron chi connectivity index (χ0n) is 17.8. The highest BCUT2D eigenvalue weighted by Gasteiger charge is 2.33. The molecule has 0 amide bonds. The molecule has 0 radical (unpaired) electrons. The van der Waals surface area contributed by atoms with Gasteiger partial charge in [0.15, 0.2) is 0 Å². The van der Waals surface area contributed by atoms with Crippen LogP contribution in [0.4, 0.5) is 5.69 Å². The zero-order valence-corrected chi connectivity index (χ0v) is 17.8. The number of hydrogen-bond acceptors (Lipinski definition) is 7. The Morgan fingerprint density at radius 1 is 1.00 bits per heavy atom. The summed E-state index contributed by atoms with van der Waals surface area (Å²) in [5, 5.41) is 9.20. The Bertz CT molecular complexity index is 870. The number of para-hydroxylation sites is 2. The van der Waals surface area contributed by atoms with Crippen LogP contribution in [-0.2, 0) is 4.79 Å². The van der Waals surface area contributed by atoms with Crippen LogP contribution in [0.2, 0.25) is 0 Å². The van der Waals surface area contributed by atoms with E-state index >= 15 is 0 Å². The van der Waals surface area contributed by atoms with Crippen molar-refractivity contribution in [1.82, 2.24) is 20.7 Å². The molecule has 1 aliphatic carbocycles. The van der Waals surface area contributed by atoms with Gasteiger partial charge >= 0.3 is 5.97 Å². The molecule has 4 aliphatic rings. The summed E-state index contributed by atoms with van der Waals surface area (Å²) in [5.41, 5.74) is 7.90. The van der Waals surface area contributed by atoms with E-state index in [2.05, 4.69) is 43.8 Å². The third-order valence-electron chi connectivity index (χ3n) is 7.02. The van der Waals surface area contributed by atoms with E-state index in [4.69, 9.17) is 4.74 Å². The Balaban J connectivity index is 1.14.